The first-order valence-corrected chi connectivity index (χ1v) is 6.85. The number of anilines is 1. The van der Waals surface area contributed by atoms with Gasteiger partial charge >= 0.3 is 5.97 Å². The number of nitrogens with one attached hydrogen (secondary N) is 1. The van der Waals surface area contributed by atoms with Crippen LogP contribution in [-0.4, -0.2) is 26.7 Å². The molecule has 7 heteroatoms. The van der Waals surface area contributed by atoms with Gasteiger partial charge in [0.1, 0.15) is 6.04 Å². The molecule has 1 aromatic rings. The molecule has 0 bridgehead atoms. The number of hydrogen-bond acceptors (Lipinski definition) is 4. The molecule has 0 saturated heterocycles. The van der Waals surface area contributed by atoms with Gasteiger partial charge in [0, 0.05) is 11.5 Å². The van der Waals surface area contributed by atoms with Gasteiger partial charge in [0.15, 0.2) is 11.0 Å². The number of carboxylic acid groups (broad SMARTS) is 1. The van der Waals surface area contributed by atoms with E-state index in [2.05, 4.69) is 10.3 Å². The molecule has 0 aromatic carbocycles. The Morgan fingerprint density at radius 2 is 2.15 bits per heavy atom. The monoisotopic (exact) mass is 299 g/mol. The quantitative estimate of drug-likeness (QED) is 0.892. The third-order valence-corrected chi connectivity index (χ3v) is 3.70. The van der Waals surface area contributed by atoms with Crippen LogP contribution in [0.15, 0.2) is 4.79 Å². The Kier molecular flexibility index (Phi) is 3.54. The summed E-state index contributed by atoms with van der Waals surface area (Å²) in [6, 6.07) is -0.900. The molecule has 0 radical (unpaired) electrons. The van der Waals surface area contributed by atoms with Gasteiger partial charge in [-0.2, -0.15) is 0 Å². The van der Waals surface area contributed by atoms with Crippen molar-refractivity contribution in [1.29, 1.82) is 0 Å². The van der Waals surface area contributed by atoms with Crippen LogP contribution < -0.4 is 10.9 Å². The molecule has 1 aromatic heterocycles. The third kappa shape index (κ3) is 2.28. The molecule has 0 fully saturated rings. The van der Waals surface area contributed by atoms with Gasteiger partial charge in [-0.1, -0.05) is 25.4 Å². The minimum atomic E-state index is -1.03. The van der Waals surface area contributed by atoms with Crippen LogP contribution in [0.25, 0.3) is 0 Å². The average Bonchev–Trinajstić information content (AvgIpc) is 2.57. The zero-order chi connectivity index (χ0) is 15.2. The van der Waals surface area contributed by atoms with Crippen molar-refractivity contribution in [3.05, 3.63) is 21.2 Å². The van der Waals surface area contributed by atoms with E-state index in [-0.39, 0.29) is 17.0 Å². The van der Waals surface area contributed by atoms with Crippen molar-refractivity contribution in [2.45, 2.75) is 51.6 Å². The lowest BCUT2D eigenvalue weighted by Crippen LogP contribution is -2.32. The minimum absolute atomic E-state index is 0.00241. The number of aliphatic carboxylic acids is 1. The van der Waals surface area contributed by atoms with E-state index >= 15 is 0 Å². The van der Waals surface area contributed by atoms with E-state index in [0.29, 0.717) is 12.1 Å². The van der Waals surface area contributed by atoms with E-state index in [9.17, 15) is 14.7 Å². The van der Waals surface area contributed by atoms with E-state index in [0.717, 1.165) is 0 Å². The van der Waals surface area contributed by atoms with E-state index in [4.69, 9.17) is 11.6 Å². The summed E-state index contributed by atoms with van der Waals surface area (Å²) in [4.78, 5) is 28.0. The summed E-state index contributed by atoms with van der Waals surface area (Å²) in [5.41, 5.74) is -0.440. The molecule has 0 spiro atoms. The topological polar surface area (TPSA) is 84.2 Å². The van der Waals surface area contributed by atoms with Crippen LogP contribution in [0.2, 0.25) is 5.15 Å². The summed E-state index contributed by atoms with van der Waals surface area (Å²) >= 11 is 6.18. The molecule has 0 unspecified atom stereocenters. The van der Waals surface area contributed by atoms with Crippen LogP contribution in [0.1, 0.15) is 45.9 Å². The number of hydrogen-bond donors (Lipinski definition) is 2. The van der Waals surface area contributed by atoms with Gasteiger partial charge in [-0.15, -0.1) is 0 Å². The van der Waals surface area contributed by atoms with Gasteiger partial charge < -0.3 is 10.4 Å². The Balaban J connectivity index is 2.71. The second kappa shape index (κ2) is 4.77. The zero-order valence-electron chi connectivity index (χ0n) is 11.9. The molecule has 1 atom stereocenters. The first kappa shape index (κ1) is 14.8. The maximum Gasteiger partial charge on any atom is 0.326 e. The SMILES string of the molecule is CC(C)Nc1nc(Cl)c2n(c1=O)[C@H](C(=O)O)CC2(C)C. The predicted molar refractivity (Wildman–Crippen MR) is 76.6 cm³/mol. The number of fused-ring (bicyclic) bond motifs is 1. The highest BCUT2D eigenvalue weighted by molar-refractivity contribution is 6.30. The summed E-state index contributed by atoms with van der Waals surface area (Å²) in [5, 5.41) is 12.4. The summed E-state index contributed by atoms with van der Waals surface area (Å²) in [6.07, 6.45) is 0.324. The van der Waals surface area contributed by atoms with Crippen LogP contribution in [0.3, 0.4) is 0 Å². The Morgan fingerprint density at radius 3 is 2.65 bits per heavy atom. The lowest BCUT2D eigenvalue weighted by atomic mass is 9.87. The van der Waals surface area contributed by atoms with Crippen LogP contribution >= 0.6 is 11.6 Å². The fourth-order valence-electron chi connectivity index (χ4n) is 2.65. The number of carboxylic acids is 1. The molecule has 2 rings (SSSR count). The smallest absolute Gasteiger partial charge is 0.326 e. The first-order chi connectivity index (χ1) is 9.15. The van der Waals surface area contributed by atoms with Crippen molar-refractivity contribution in [3.63, 3.8) is 0 Å². The van der Waals surface area contributed by atoms with Crippen molar-refractivity contribution in [2.75, 3.05) is 5.32 Å². The molecular formula is C13H18ClN3O3. The second-order valence-electron chi connectivity index (χ2n) is 6.02. The molecule has 2 heterocycles. The predicted octanol–water partition coefficient (Wildman–Crippen LogP) is 2.02. The Bertz CT molecular complexity index is 622. The lowest BCUT2D eigenvalue weighted by molar-refractivity contribution is -0.140. The number of nitrogens with zero attached hydrogens (tertiary/aromatic N) is 2. The maximum atomic E-state index is 12.5. The van der Waals surface area contributed by atoms with E-state index in [1.165, 1.54) is 4.57 Å². The molecule has 20 heavy (non-hydrogen) atoms. The molecule has 1 aliphatic rings. The fourth-order valence-corrected chi connectivity index (χ4v) is 3.08. The molecule has 2 N–H and O–H groups in total. The van der Waals surface area contributed by atoms with Crippen molar-refractivity contribution in [2.24, 2.45) is 0 Å². The van der Waals surface area contributed by atoms with Crippen LogP contribution in [-0.2, 0) is 10.2 Å². The number of halogens is 1. The molecule has 1 aliphatic heterocycles. The Hall–Kier alpha value is -1.56. The Morgan fingerprint density at radius 1 is 1.55 bits per heavy atom. The zero-order valence-corrected chi connectivity index (χ0v) is 12.7. The summed E-state index contributed by atoms with van der Waals surface area (Å²) in [5.74, 6) is -0.936. The number of aromatic nitrogens is 2. The van der Waals surface area contributed by atoms with Gasteiger partial charge in [-0.05, 0) is 20.3 Å². The highest BCUT2D eigenvalue weighted by Crippen LogP contribution is 2.42. The molecule has 0 saturated carbocycles. The molecular weight excluding hydrogens is 282 g/mol. The highest BCUT2D eigenvalue weighted by Gasteiger charge is 2.44. The van der Waals surface area contributed by atoms with Crippen molar-refractivity contribution < 1.29 is 9.90 Å². The summed E-state index contributed by atoms with van der Waals surface area (Å²) in [6.45, 7) is 7.46. The fraction of sp³-hybridized carbons (Fsp3) is 0.615. The Labute approximate surface area is 121 Å². The molecule has 0 amide bonds. The van der Waals surface area contributed by atoms with Crippen LogP contribution in [0.5, 0.6) is 0 Å². The standard InChI is InChI=1S/C13H18ClN3O3/c1-6(2)15-10-11(18)17-7(12(19)20)5-13(3,4)8(17)9(14)16-10/h6-7H,5H2,1-4H3,(H,15,16)(H,19,20)/t7-/m0/s1. The van der Waals surface area contributed by atoms with Gasteiger partial charge in [0.2, 0.25) is 0 Å². The van der Waals surface area contributed by atoms with Crippen LogP contribution in [0.4, 0.5) is 5.82 Å². The molecule has 110 valence electrons. The van der Waals surface area contributed by atoms with Gasteiger partial charge in [0.25, 0.3) is 5.56 Å². The average molecular weight is 300 g/mol. The van der Waals surface area contributed by atoms with E-state index < -0.39 is 23.0 Å². The lowest BCUT2D eigenvalue weighted by Gasteiger charge is -2.19. The van der Waals surface area contributed by atoms with E-state index in [1.807, 2.05) is 27.7 Å². The first-order valence-electron chi connectivity index (χ1n) is 6.47. The maximum absolute atomic E-state index is 12.5. The van der Waals surface area contributed by atoms with Gasteiger partial charge in [-0.25, -0.2) is 9.78 Å². The second-order valence-corrected chi connectivity index (χ2v) is 6.37. The minimum Gasteiger partial charge on any atom is -0.480 e. The normalized spacial score (nSPS) is 20.0. The van der Waals surface area contributed by atoms with Crippen molar-refractivity contribution in [1.82, 2.24) is 9.55 Å². The largest absolute Gasteiger partial charge is 0.480 e. The van der Waals surface area contributed by atoms with Gasteiger partial charge in [0.05, 0.1) is 5.69 Å². The van der Waals surface area contributed by atoms with Crippen LogP contribution in [0, 0.1) is 0 Å². The number of rotatable bonds is 3. The highest BCUT2D eigenvalue weighted by atomic mass is 35.5. The van der Waals surface area contributed by atoms with Gasteiger partial charge in [-0.3, -0.25) is 9.36 Å². The summed E-state index contributed by atoms with van der Waals surface area (Å²) in [7, 11) is 0. The third-order valence-electron chi connectivity index (χ3n) is 3.43. The molecule has 0 aliphatic carbocycles. The molecule has 6 nitrogen and oxygen atoms in total. The van der Waals surface area contributed by atoms with Crippen molar-refractivity contribution >= 4 is 23.4 Å². The number of carbonyl (C=O) groups is 1. The van der Waals surface area contributed by atoms with E-state index in [1.54, 1.807) is 0 Å². The van der Waals surface area contributed by atoms with Crippen molar-refractivity contribution in [3.8, 4) is 0 Å². The summed E-state index contributed by atoms with van der Waals surface area (Å²) < 4.78 is 1.27.